The van der Waals surface area contributed by atoms with Crippen LogP contribution in [-0.4, -0.2) is 12.8 Å². The minimum absolute atomic E-state index is 0.372. The number of hydrogen-bond acceptors (Lipinski definition) is 4. The first kappa shape index (κ1) is 12.7. The number of rotatable bonds is 3. The minimum atomic E-state index is 0.372. The van der Waals surface area contributed by atoms with Crippen LogP contribution in [0.1, 0.15) is 31.8 Å². The highest BCUT2D eigenvalue weighted by Gasteiger charge is 2.21. The summed E-state index contributed by atoms with van der Waals surface area (Å²) in [4.78, 5) is 4.51. The molecule has 1 atom stereocenters. The van der Waals surface area contributed by atoms with E-state index in [1.165, 1.54) is 33.2 Å². The smallest absolute Gasteiger partial charge is 0.0679 e. The number of thiophene rings is 2. The first-order valence-electron chi connectivity index (χ1n) is 6.20. The highest BCUT2D eigenvalue weighted by atomic mass is 32.2. The van der Waals surface area contributed by atoms with Crippen LogP contribution in [0.25, 0.3) is 0 Å². The van der Waals surface area contributed by atoms with Gasteiger partial charge in [0, 0.05) is 20.4 Å². The van der Waals surface area contributed by atoms with Crippen molar-refractivity contribution in [2.75, 3.05) is 12.8 Å². The molecule has 0 radical (unpaired) electrons. The number of aryl methyl sites for hydroxylation is 2. The van der Waals surface area contributed by atoms with Gasteiger partial charge in [-0.3, -0.25) is 0 Å². The van der Waals surface area contributed by atoms with E-state index in [-0.39, 0.29) is 0 Å². The zero-order valence-corrected chi connectivity index (χ0v) is 13.1. The molecular weight excluding hydrogens is 278 g/mol. The second kappa shape index (κ2) is 5.37. The monoisotopic (exact) mass is 295 g/mol. The van der Waals surface area contributed by atoms with Crippen molar-refractivity contribution in [3.05, 3.63) is 43.3 Å². The third kappa shape index (κ3) is 2.27. The number of thioether (sulfide) groups is 1. The zero-order chi connectivity index (χ0) is 12.5. The summed E-state index contributed by atoms with van der Waals surface area (Å²) >= 11 is 5.90. The first-order valence-corrected chi connectivity index (χ1v) is 9.05. The number of fused-ring (bicyclic) bond motifs is 1. The second-order valence-electron chi connectivity index (χ2n) is 4.55. The fraction of sp³-hybridized carbons (Fsp3) is 0.429. The van der Waals surface area contributed by atoms with Crippen molar-refractivity contribution >= 4 is 34.4 Å². The van der Waals surface area contributed by atoms with E-state index in [2.05, 4.69) is 48.6 Å². The minimum Gasteiger partial charge on any atom is -0.309 e. The third-order valence-electron chi connectivity index (χ3n) is 3.43. The molecule has 0 spiro atoms. The van der Waals surface area contributed by atoms with Gasteiger partial charge in [-0.1, -0.05) is 0 Å². The van der Waals surface area contributed by atoms with Crippen molar-refractivity contribution in [2.24, 2.45) is 0 Å². The van der Waals surface area contributed by atoms with Crippen LogP contribution in [0.2, 0.25) is 0 Å². The SMILES string of the molecule is CNC(c1cc2c(s1)CCSC2)c1ccsc1C. The maximum atomic E-state index is 3.48. The van der Waals surface area contributed by atoms with Crippen molar-refractivity contribution in [3.63, 3.8) is 0 Å². The van der Waals surface area contributed by atoms with Crippen LogP contribution >= 0.6 is 34.4 Å². The lowest BCUT2D eigenvalue weighted by Gasteiger charge is -2.14. The summed E-state index contributed by atoms with van der Waals surface area (Å²) in [6, 6.07) is 5.05. The highest BCUT2D eigenvalue weighted by Crippen LogP contribution is 2.37. The predicted molar refractivity (Wildman–Crippen MR) is 84.1 cm³/mol. The molecule has 3 heterocycles. The topological polar surface area (TPSA) is 12.0 Å². The second-order valence-corrected chi connectivity index (χ2v) is 7.95. The molecule has 96 valence electrons. The van der Waals surface area contributed by atoms with E-state index in [9.17, 15) is 0 Å². The summed E-state index contributed by atoms with van der Waals surface area (Å²) in [7, 11) is 2.06. The lowest BCUT2D eigenvalue weighted by molar-refractivity contribution is 0.702. The molecule has 0 saturated carbocycles. The average molecular weight is 295 g/mol. The van der Waals surface area contributed by atoms with Gasteiger partial charge < -0.3 is 5.32 Å². The molecule has 0 amide bonds. The molecule has 0 aliphatic carbocycles. The summed E-state index contributed by atoms with van der Waals surface area (Å²) in [6.45, 7) is 2.22. The number of nitrogens with one attached hydrogen (secondary N) is 1. The standard InChI is InChI=1S/C14H17NS3/c1-9-11(3-6-17-9)14(15-2)13-7-10-8-16-5-4-12(10)18-13/h3,6-7,14-15H,4-5,8H2,1-2H3. The summed E-state index contributed by atoms with van der Waals surface area (Å²) < 4.78 is 0. The predicted octanol–water partition coefficient (Wildman–Crippen LogP) is 4.22. The van der Waals surface area contributed by atoms with Crippen LogP contribution in [0, 0.1) is 6.92 Å². The average Bonchev–Trinajstić information content (AvgIpc) is 2.97. The normalized spacial score (nSPS) is 16.6. The quantitative estimate of drug-likeness (QED) is 0.910. The van der Waals surface area contributed by atoms with Gasteiger partial charge in [0.1, 0.15) is 0 Å². The number of hydrogen-bond donors (Lipinski definition) is 1. The molecule has 1 aliphatic heterocycles. The molecule has 1 aliphatic rings. The molecule has 0 bridgehead atoms. The van der Waals surface area contributed by atoms with Gasteiger partial charge >= 0.3 is 0 Å². The molecule has 2 aromatic heterocycles. The van der Waals surface area contributed by atoms with Crippen LogP contribution in [0.4, 0.5) is 0 Å². The van der Waals surface area contributed by atoms with Crippen molar-refractivity contribution in [2.45, 2.75) is 25.1 Å². The van der Waals surface area contributed by atoms with Crippen molar-refractivity contribution < 1.29 is 0 Å². The van der Waals surface area contributed by atoms with E-state index in [0.29, 0.717) is 6.04 Å². The van der Waals surface area contributed by atoms with Gasteiger partial charge in [-0.25, -0.2) is 0 Å². The maximum Gasteiger partial charge on any atom is 0.0679 e. The molecule has 0 aromatic carbocycles. The van der Waals surface area contributed by atoms with Crippen molar-refractivity contribution in [1.82, 2.24) is 5.32 Å². The van der Waals surface area contributed by atoms with Crippen LogP contribution in [0.5, 0.6) is 0 Å². The molecule has 3 rings (SSSR count). The van der Waals surface area contributed by atoms with Gasteiger partial charge in [-0.15, -0.1) is 22.7 Å². The Bertz CT molecular complexity index is 517. The lowest BCUT2D eigenvalue weighted by Crippen LogP contribution is -2.16. The van der Waals surface area contributed by atoms with Gasteiger partial charge in [-0.05, 0) is 54.8 Å². The van der Waals surface area contributed by atoms with Crippen LogP contribution in [0.3, 0.4) is 0 Å². The first-order chi connectivity index (χ1) is 8.79. The Morgan fingerprint density at radius 1 is 1.39 bits per heavy atom. The lowest BCUT2D eigenvalue weighted by atomic mass is 10.1. The highest BCUT2D eigenvalue weighted by molar-refractivity contribution is 7.98. The Hall–Kier alpha value is -0.290. The van der Waals surface area contributed by atoms with Gasteiger partial charge in [-0.2, -0.15) is 11.8 Å². The van der Waals surface area contributed by atoms with E-state index in [4.69, 9.17) is 0 Å². The fourth-order valence-electron chi connectivity index (χ4n) is 2.46. The van der Waals surface area contributed by atoms with E-state index in [0.717, 1.165) is 0 Å². The Labute approximate surface area is 121 Å². The van der Waals surface area contributed by atoms with Gasteiger partial charge in [0.05, 0.1) is 6.04 Å². The molecule has 1 unspecified atom stereocenters. The summed E-state index contributed by atoms with van der Waals surface area (Å²) in [6.07, 6.45) is 1.25. The van der Waals surface area contributed by atoms with E-state index < -0.39 is 0 Å². The molecule has 1 N–H and O–H groups in total. The molecule has 2 aromatic rings. The Morgan fingerprint density at radius 3 is 2.94 bits per heavy atom. The van der Waals surface area contributed by atoms with Crippen LogP contribution in [-0.2, 0) is 12.2 Å². The Morgan fingerprint density at radius 2 is 2.28 bits per heavy atom. The summed E-state index contributed by atoms with van der Waals surface area (Å²) in [5.74, 6) is 2.49. The van der Waals surface area contributed by atoms with Crippen molar-refractivity contribution in [1.29, 1.82) is 0 Å². The van der Waals surface area contributed by atoms with E-state index in [1.807, 2.05) is 22.7 Å². The summed E-state index contributed by atoms with van der Waals surface area (Å²) in [5.41, 5.74) is 3.01. The van der Waals surface area contributed by atoms with Gasteiger partial charge in [0.2, 0.25) is 0 Å². The van der Waals surface area contributed by atoms with Crippen molar-refractivity contribution in [3.8, 4) is 0 Å². The Balaban J connectivity index is 1.97. The fourth-order valence-corrected chi connectivity index (χ4v) is 5.70. The zero-order valence-electron chi connectivity index (χ0n) is 10.7. The van der Waals surface area contributed by atoms with Gasteiger partial charge in [0.15, 0.2) is 0 Å². The largest absolute Gasteiger partial charge is 0.309 e. The van der Waals surface area contributed by atoms with Crippen LogP contribution in [0.15, 0.2) is 17.5 Å². The van der Waals surface area contributed by atoms with E-state index >= 15 is 0 Å². The molecule has 4 heteroatoms. The molecular formula is C14H17NS3. The maximum absolute atomic E-state index is 3.48. The van der Waals surface area contributed by atoms with E-state index in [1.54, 1.807) is 10.4 Å². The molecule has 0 fully saturated rings. The molecule has 1 nitrogen and oxygen atoms in total. The molecule has 0 saturated heterocycles. The van der Waals surface area contributed by atoms with Crippen LogP contribution < -0.4 is 5.32 Å². The molecule has 18 heavy (non-hydrogen) atoms. The Kier molecular flexibility index (Phi) is 3.80. The third-order valence-corrected chi connectivity index (χ3v) is 6.60. The summed E-state index contributed by atoms with van der Waals surface area (Å²) in [5, 5.41) is 5.67. The van der Waals surface area contributed by atoms with Gasteiger partial charge in [0.25, 0.3) is 0 Å².